The van der Waals surface area contributed by atoms with Crippen LogP contribution >= 0.6 is 0 Å². The minimum Gasteiger partial charge on any atom is -0.478 e. The number of nitrogens with zero attached hydrogens (tertiary/aromatic N) is 2. The molecule has 0 fully saturated rings. The van der Waals surface area contributed by atoms with E-state index >= 15 is 0 Å². The Kier molecular flexibility index (Phi) is 3.98. The maximum absolute atomic E-state index is 11.4. The maximum Gasteiger partial charge on any atom is 0.335 e. The Morgan fingerprint density at radius 3 is 2.44 bits per heavy atom. The van der Waals surface area contributed by atoms with Crippen molar-refractivity contribution in [2.24, 2.45) is 0 Å². The minimum atomic E-state index is -1.25. The molecule has 18 heavy (non-hydrogen) atoms. The van der Waals surface area contributed by atoms with Gasteiger partial charge in [0.2, 0.25) is 5.91 Å². The van der Waals surface area contributed by atoms with Gasteiger partial charge in [-0.3, -0.25) is 14.9 Å². The van der Waals surface area contributed by atoms with Gasteiger partial charge in [-0.2, -0.15) is 0 Å². The molecule has 1 amide bonds. The van der Waals surface area contributed by atoms with Crippen LogP contribution in [0.2, 0.25) is 0 Å². The number of anilines is 1. The summed E-state index contributed by atoms with van der Waals surface area (Å²) in [7, 11) is 0. The van der Waals surface area contributed by atoms with Crippen molar-refractivity contribution in [3.8, 4) is 0 Å². The number of rotatable bonds is 4. The van der Waals surface area contributed by atoms with E-state index in [-0.39, 0.29) is 23.7 Å². The second-order valence-corrected chi connectivity index (χ2v) is 3.53. The van der Waals surface area contributed by atoms with Crippen LogP contribution in [0.25, 0.3) is 0 Å². The largest absolute Gasteiger partial charge is 0.478 e. The molecule has 7 heteroatoms. The highest BCUT2D eigenvalue weighted by Gasteiger charge is 2.22. The first-order valence-electron chi connectivity index (χ1n) is 5.18. The molecule has 1 aromatic carbocycles. The number of carbonyl (C=O) groups is 2. The van der Waals surface area contributed by atoms with Crippen LogP contribution in [0.1, 0.15) is 24.2 Å². The van der Waals surface area contributed by atoms with Crippen molar-refractivity contribution in [2.75, 3.05) is 11.4 Å². The molecular weight excluding hydrogens is 240 g/mol. The third kappa shape index (κ3) is 2.62. The summed E-state index contributed by atoms with van der Waals surface area (Å²) in [5.41, 5.74) is -0.489. The molecule has 0 bridgehead atoms. The van der Waals surface area contributed by atoms with Gasteiger partial charge >= 0.3 is 5.97 Å². The summed E-state index contributed by atoms with van der Waals surface area (Å²) in [6, 6.07) is 3.45. The Balaban J connectivity index is 3.40. The lowest BCUT2D eigenvalue weighted by molar-refractivity contribution is -0.384. The zero-order valence-electron chi connectivity index (χ0n) is 9.91. The van der Waals surface area contributed by atoms with Gasteiger partial charge in [-0.05, 0) is 19.1 Å². The van der Waals surface area contributed by atoms with Crippen LogP contribution in [-0.4, -0.2) is 28.5 Å². The predicted molar refractivity (Wildman–Crippen MR) is 63.8 cm³/mol. The minimum absolute atomic E-state index is 0.0972. The second kappa shape index (κ2) is 5.26. The number of nitro groups is 1. The highest BCUT2D eigenvalue weighted by molar-refractivity contribution is 5.96. The Hall–Kier alpha value is -2.44. The number of nitro benzene ring substituents is 1. The SMILES string of the molecule is CCN(C(C)=O)c1ccc(C(=O)O)cc1[N+](=O)[O-]. The highest BCUT2D eigenvalue weighted by Crippen LogP contribution is 2.29. The third-order valence-electron chi connectivity index (χ3n) is 2.41. The van der Waals surface area contributed by atoms with Gasteiger partial charge in [0.1, 0.15) is 5.69 Å². The molecular formula is C11H12N2O5. The van der Waals surface area contributed by atoms with Crippen LogP contribution in [0.4, 0.5) is 11.4 Å². The maximum atomic E-state index is 11.4. The number of benzene rings is 1. The fraction of sp³-hybridized carbons (Fsp3) is 0.273. The Labute approximate surface area is 103 Å². The van der Waals surface area contributed by atoms with Crippen molar-refractivity contribution in [1.82, 2.24) is 0 Å². The summed E-state index contributed by atoms with van der Waals surface area (Å²) in [5.74, 6) is -1.60. The zero-order chi connectivity index (χ0) is 13.9. The van der Waals surface area contributed by atoms with Gasteiger partial charge in [0.15, 0.2) is 0 Å². The van der Waals surface area contributed by atoms with E-state index in [1.165, 1.54) is 24.0 Å². The van der Waals surface area contributed by atoms with Crippen molar-refractivity contribution in [3.63, 3.8) is 0 Å². The quantitative estimate of drug-likeness (QED) is 0.648. The Morgan fingerprint density at radius 2 is 2.06 bits per heavy atom. The second-order valence-electron chi connectivity index (χ2n) is 3.53. The zero-order valence-corrected chi connectivity index (χ0v) is 9.91. The van der Waals surface area contributed by atoms with Gasteiger partial charge in [0.25, 0.3) is 5.69 Å². The smallest absolute Gasteiger partial charge is 0.335 e. The Bertz CT molecular complexity index is 512. The molecule has 0 radical (unpaired) electrons. The number of aromatic carboxylic acids is 1. The molecule has 1 N–H and O–H groups in total. The lowest BCUT2D eigenvalue weighted by Crippen LogP contribution is -2.28. The summed E-state index contributed by atoms with van der Waals surface area (Å²) < 4.78 is 0. The van der Waals surface area contributed by atoms with Gasteiger partial charge < -0.3 is 10.0 Å². The van der Waals surface area contributed by atoms with Crippen molar-refractivity contribution in [1.29, 1.82) is 0 Å². The molecule has 0 aliphatic carbocycles. The van der Waals surface area contributed by atoms with E-state index in [0.29, 0.717) is 0 Å². The van der Waals surface area contributed by atoms with Crippen molar-refractivity contribution in [3.05, 3.63) is 33.9 Å². The van der Waals surface area contributed by atoms with E-state index in [1.54, 1.807) is 6.92 Å². The topological polar surface area (TPSA) is 101 Å². The molecule has 0 aliphatic rings. The van der Waals surface area contributed by atoms with Crippen molar-refractivity contribution < 1.29 is 19.6 Å². The number of amides is 1. The first kappa shape index (κ1) is 13.6. The van der Waals surface area contributed by atoms with E-state index in [4.69, 9.17) is 5.11 Å². The first-order valence-corrected chi connectivity index (χ1v) is 5.18. The van der Waals surface area contributed by atoms with Crippen LogP contribution in [0.5, 0.6) is 0 Å². The summed E-state index contributed by atoms with van der Waals surface area (Å²) in [5, 5.41) is 19.7. The molecule has 0 atom stereocenters. The van der Waals surface area contributed by atoms with Gasteiger partial charge in [-0.25, -0.2) is 4.79 Å². The molecule has 0 aliphatic heterocycles. The van der Waals surface area contributed by atoms with Crippen molar-refractivity contribution >= 4 is 23.3 Å². The van der Waals surface area contributed by atoms with Crippen LogP contribution in [0.3, 0.4) is 0 Å². The fourth-order valence-electron chi connectivity index (χ4n) is 1.59. The predicted octanol–water partition coefficient (Wildman–Crippen LogP) is 1.67. The normalized spacial score (nSPS) is 9.89. The van der Waals surface area contributed by atoms with Crippen LogP contribution < -0.4 is 4.90 Å². The van der Waals surface area contributed by atoms with Gasteiger partial charge in [-0.15, -0.1) is 0 Å². The summed E-state index contributed by atoms with van der Waals surface area (Å²) in [6.07, 6.45) is 0. The summed E-state index contributed by atoms with van der Waals surface area (Å²) >= 11 is 0. The summed E-state index contributed by atoms with van der Waals surface area (Å²) in [6.45, 7) is 3.23. The van der Waals surface area contributed by atoms with E-state index in [2.05, 4.69) is 0 Å². The van der Waals surface area contributed by atoms with Crippen molar-refractivity contribution in [2.45, 2.75) is 13.8 Å². The molecule has 0 unspecified atom stereocenters. The monoisotopic (exact) mass is 252 g/mol. The van der Waals surface area contributed by atoms with E-state index < -0.39 is 16.6 Å². The molecule has 7 nitrogen and oxygen atoms in total. The van der Waals surface area contributed by atoms with Crippen LogP contribution in [0, 0.1) is 10.1 Å². The average Bonchev–Trinajstić information content (AvgIpc) is 2.29. The molecule has 1 aromatic rings. The lowest BCUT2D eigenvalue weighted by atomic mass is 10.1. The number of hydrogen-bond donors (Lipinski definition) is 1. The molecule has 0 spiro atoms. The van der Waals surface area contributed by atoms with Gasteiger partial charge in [0, 0.05) is 19.5 Å². The number of carboxylic acid groups (broad SMARTS) is 1. The van der Waals surface area contributed by atoms with E-state index in [0.717, 1.165) is 6.07 Å². The van der Waals surface area contributed by atoms with Crippen LogP contribution in [-0.2, 0) is 4.79 Å². The molecule has 0 saturated heterocycles. The molecule has 0 heterocycles. The highest BCUT2D eigenvalue weighted by atomic mass is 16.6. The number of carboxylic acids is 1. The van der Waals surface area contributed by atoms with E-state index in [9.17, 15) is 19.7 Å². The number of hydrogen-bond acceptors (Lipinski definition) is 4. The first-order chi connectivity index (χ1) is 8.38. The number of carbonyl (C=O) groups excluding carboxylic acids is 1. The molecule has 1 rings (SSSR count). The summed E-state index contributed by atoms with van der Waals surface area (Å²) in [4.78, 5) is 33.5. The average molecular weight is 252 g/mol. The van der Waals surface area contributed by atoms with Gasteiger partial charge in [0.05, 0.1) is 10.5 Å². The third-order valence-corrected chi connectivity index (χ3v) is 2.41. The van der Waals surface area contributed by atoms with Gasteiger partial charge in [-0.1, -0.05) is 0 Å². The fourth-order valence-corrected chi connectivity index (χ4v) is 1.59. The molecule has 96 valence electrons. The molecule has 0 aromatic heterocycles. The molecule has 0 saturated carbocycles. The lowest BCUT2D eigenvalue weighted by Gasteiger charge is -2.18. The van der Waals surface area contributed by atoms with E-state index in [1.807, 2.05) is 0 Å². The van der Waals surface area contributed by atoms with Crippen LogP contribution in [0.15, 0.2) is 18.2 Å². The standard InChI is InChI=1S/C11H12N2O5/c1-3-12(7(2)14)9-5-4-8(11(15)16)6-10(9)13(17)18/h4-6H,3H2,1-2H3,(H,15,16). The Morgan fingerprint density at radius 1 is 1.44 bits per heavy atom.